The molecule has 1 N–H and O–H groups in total. The van der Waals surface area contributed by atoms with Crippen LogP contribution in [-0.2, 0) is 20.6 Å². The Hall–Kier alpha value is -5.20. The molecule has 0 radical (unpaired) electrons. The van der Waals surface area contributed by atoms with Crippen molar-refractivity contribution in [3.05, 3.63) is 83.4 Å². The van der Waals surface area contributed by atoms with E-state index in [2.05, 4.69) is 5.48 Å². The number of rotatable bonds is 8. The lowest BCUT2D eigenvalue weighted by Gasteiger charge is -2.29. The molecule has 0 spiro atoms. The third-order valence-corrected chi connectivity index (χ3v) is 8.45. The highest BCUT2D eigenvalue weighted by molar-refractivity contribution is 7.81. The zero-order valence-electron chi connectivity index (χ0n) is 25.4. The van der Waals surface area contributed by atoms with Crippen molar-refractivity contribution < 1.29 is 45.9 Å². The van der Waals surface area contributed by atoms with Gasteiger partial charge in [-0.1, -0.05) is 0 Å². The molecule has 3 aromatic carbocycles. The van der Waals surface area contributed by atoms with Gasteiger partial charge in [-0.2, -0.15) is 18.4 Å². The Balaban J connectivity index is 1.13. The van der Waals surface area contributed by atoms with Crippen LogP contribution in [0.1, 0.15) is 42.9 Å². The van der Waals surface area contributed by atoms with E-state index >= 15 is 4.39 Å². The number of hydrogen-bond acceptors (Lipinski definition) is 8. The minimum Gasteiger partial charge on any atom is -0.490 e. The highest BCUT2D eigenvalue weighted by atomic mass is 32.1. The number of nitriles is 1. The SMILES string of the molecule is CC1(C)C(=O)N(c2ccc(C#N)c(C(F)(F)F)c2)C(=S)N1c1ccc(OCCOc2ccc3occ(C4CCONC4=O)c3c2)c(F)c1. The van der Waals surface area contributed by atoms with E-state index in [1.165, 1.54) is 43.0 Å². The molecular weight excluding hydrogens is 656 g/mol. The lowest BCUT2D eigenvalue weighted by Crippen LogP contribution is -2.44. The second-order valence-electron chi connectivity index (χ2n) is 11.5. The Morgan fingerprint density at radius 1 is 1.06 bits per heavy atom. The van der Waals surface area contributed by atoms with Gasteiger partial charge in [0.2, 0.25) is 0 Å². The number of halogens is 4. The zero-order valence-corrected chi connectivity index (χ0v) is 26.2. The van der Waals surface area contributed by atoms with Gasteiger partial charge in [-0.05, 0) is 81.0 Å². The largest absolute Gasteiger partial charge is 0.490 e. The third-order valence-electron chi connectivity index (χ3n) is 8.09. The molecule has 2 aliphatic rings. The number of hydroxylamine groups is 1. The van der Waals surface area contributed by atoms with Crippen LogP contribution in [0.25, 0.3) is 11.0 Å². The van der Waals surface area contributed by atoms with Crippen LogP contribution in [0.2, 0.25) is 0 Å². The number of benzene rings is 3. The number of carbonyl (C=O) groups excluding carboxylic acids is 2. The first-order valence-electron chi connectivity index (χ1n) is 14.6. The van der Waals surface area contributed by atoms with Gasteiger partial charge in [0.25, 0.3) is 11.8 Å². The van der Waals surface area contributed by atoms with Crippen LogP contribution in [-0.4, -0.2) is 42.3 Å². The molecule has 2 aliphatic heterocycles. The van der Waals surface area contributed by atoms with E-state index in [1.807, 2.05) is 0 Å². The minimum absolute atomic E-state index is 0.0327. The Bertz CT molecular complexity index is 1990. The Morgan fingerprint density at radius 2 is 1.81 bits per heavy atom. The number of ether oxygens (including phenoxy) is 2. The quantitative estimate of drug-likeness (QED) is 0.129. The molecule has 2 amide bonds. The van der Waals surface area contributed by atoms with Crippen molar-refractivity contribution in [1.29, 1.82) is 5.26 Å². The summed E-state index contributed by atoms with van der Waals surface area (Å²) < 4.78 is 73.1. The number of hydrogen-bond donors (Lipinski definition) is 1. The van der Waals surface area contributed by atoms with Gasteiger partial charge < -0.3 is 18.8 Å². The topological polar surface area (TPSA) is 117 Å². The maximum atomic E-state index is 15.3. The standard InChI is InChI=1S/C33H26F4N4O6S/c1-32(2)30(43)40(19-4-3-18(16-38)25(13-19)33(35,36)37)31(48)41(32)20-5-7-28(26(34)14-20)45-12-11-44-21-6-8-27-23(15-21)24(17-46-27)22-9-10-47-39-29(22)42/h3-8,13-15,17,22H,9-12H2,1-2H3,(H,39,42). The van der Waals surface area contributed by atoms with Crippen molar-refractivity contribution in [3.63, 3.8) is 0 Å². The number of fused-ring (bicyclic) bond motifs is 1. The van der Waals surface area contributed by atoms with Crippen LogP contribution in [0.3, 0.4) is 0 Å². The predicted octanol–water partition coefficient (Wildman–Crippen LogP) is 6.37. The predicted molar refractivity (Wildman–Crippen MR) is 168 cm³/mol. The van der Waals surface area contributed by atoms with E-state index < -0.39 is 40.5 Å². The smallest absolute Gasteiger partial charge is 0.417 e. The van der Waals surface area contributed by atoms with E-state index in [1.54, 1.807) is 24.5 Å². The molecule has 1 aromatic heterocycles. The molecule has 10 nitrogen and oxygen atoms in total. The molecule has 0 saturated carbocycles. The van der Waals surface area contributed by atoms with Gasteiger partial charge in [-0.25, -0.2) is 9.87 Å². The number of thiocarbonyl (C=S) groups is 1. The summed E-state index contributed by atoms with van der Waals surface area (Å²) in [5.74, 6) is -1.71. The van der Waals surface area contributed by atoms with E-state index in [4.69, 9.17) is 36.2 Å². The average Bonchev–Trinajstić information content (AvgIpc) is 3.54. The van der Waals surface area contributed by atoms with E-state index in [-0.39, 0.29) is 41.4 Å². The van der Waals surface area contributed by atoms with Crippen LogP contribution in [0, 0.1) is 17.1 Å². The summed E-state index contributed by atoms with van der Waals surface area (Å²) >= 11 is 5.52. The Kier molecular flexibility index (Phi) is 8.48. The van der Waals surface area contributed by atoms with Gasteiger partial charge in [-0.3, -0.25) is 19.3 Å². The molecule has 3 heterocycles. The zero-order chi connectivity index (χ0) is 34.4. The Labute approximate surface area is 276 Å². The number of furan rings is 1. The van der Waals surface area contributed by atoms with E-state index in [0.717, 1.165) is 22.4 Å². The monoisotopic (exact) mass is 682 g/mol. The average molecular weight is 683 g/mol. The van der Waals surface area contributed by atoms with Crippen LogP contribution >= 0.6 is 12.2 Å². The fourth-order valence-electron chi connectivity index (χ4n) is 5.70. The molecule has 248 valence electrons. The summed E-state index contributed by atoms with van der Waals surface area (Å²) in [5.41, 5.74) is 0.477. The van der Waals surface area contributed by atoms with Crippen LogP contribution in [0.5, 0.6) is 11.5 Å². The molecule has 0 bridgehead atoms. The fourth-order valence-corrected chi connectivity index (χ4v) is 6.22. The Morgan fingerprint density at radius 3 is 2.52 bits per heavy atom. The number of nitrogens with zero attached hydrogens (tertiary/aromatic N) is 3. The number of carbonyl (C=O) groups is 2. The van der Waals surface area contributed by atoms with Crippen molar-refractivity contribution in [3.8, 4) is 17.6 Å². The summed E-state index contributed by atoms with van der Waals surface area (Å²) in [5, 5.41) is 9.69. The minimum atomic E-state index is -4.84. The summed E-state index contributed by atoms with van der Waals surface area (Å²) in [6.07, 6.45) is -2.80. The van der Waals surface area contributed by atoms with Gasteiger partial charge in [0.15, 0.2) is 16.7 Å². The molecule has 1 unspecified atom stereocenters. The molecule has 0 aliphatic carbocycles. The second-order valence-corrected chi connectivity index (χ2v) is 11.8. The van der Waals surface area contributed by atoms with Gasteiger partial charge in [0.05, 0.1) is 41.7 Å². The fraction of sp³-hybridized carbons (Fsp3) is 0.273. The first kappa shape index (κ1) is 32.7. The molecule has 48 heavy (non-hydrogen) atoms. The van der Waals surface area contributed by atoms with Crippen LogP contribution < -0.4 is 24.8 Å². The summed E-state index contributed by atoms with van der Waals surface area (Å²) in [6, 6.07) is 13.5. The molecule has 6 rings (SSSR count). The molecule has 15 heteroatoms. The third kappa shape index (κ3) is 5.88. The maximum Gasteiger partial charge on any atom is 0.417 e. The van der Waals surface area contributed by atoms with Crippen molar-refractivity contribution in [2.45, 2.75) is 37.9 Å². The maximum absolute atomic E-state index is 15.3. The number of nitrogens with one attached hydrogen (secondary N) is 1. The van der Waals surface area contributed by atoms with Gasteiger partial charge in [0.1, 0.15) is 30.1 Å². The molecule has 2 saturated heterocycles. The molecule has 2 fully saturated rings. The number of anilines is 2. The van der Waals surface area contributed by atoms with Crippen molar-refractivity contribution >= 4 is 51.5 Å². The lowest BCUT2D eigenvalue weighted by atomic mass is 9.94. The van der Waals surface area contributed by atoms with Crippen molar-refractivity contribution in [2.75, 3.05) is 29.6 Å². The van der Waals surface area contributed by atoms with Gasteiger partial charge in [0, 0.05) is 22.7 Å². The lowest BCUT2D eigenvalue weighted by molar-refractivity contribution is -0.141. The van der Waals surface area contributed by atoms with E-state index in [0.29, 0.717) is 36.0 Å². The van der Waals surface area contributed by atoms with Gasteiger partial charge >= 0.3 is 6.18 Å². The second kappa shape index (κ2) is 12.4. The highest BCUT2D eigenvalue weighted by Gasteiger charge is 2.51. The molecule has 4 aromatic rings. The normalized spacial score (nSPS) is 17.9. The summed E-state index contributed by atoms with van der Waals surface area (Å²) in [4.78, 5) is 33.0. The van der Waals surface area contributed by atoms with E-state index in [9.17, 15) is 22.8 Å². The van der Waals surface area contributed by atoms with Crippen LogP contribution in [0.15, 0.2) is 65.3 Å². The van der Waals surface area contributed by atoms with Crippen molar-refractivity contribution in [1.82, 2.24) is 5.48 Å². The number of amides is 2. The summed E-state index contributed by atoms with van der Waals surface area (Å²) in [6.45, 7) is 3.41. The highest BCUT2D eigenvalue weighted by Crippen LogP contribution is 2.40. The molecule has 1 atom stereocenters. The first-order valence-corrected chi connectivity index (χ1v) is 15.0. The first-order chi connectivity index (χ1) is 22.8. The van der Waals surface area contributed by atoms with Gasteiger partial charge in [-0.15, -0.1) is 0 Å². The molecular formula is C33H26F4N4O6S. The summed E-state index contributed by atoms with van der Waals surface area (Å²) in [7, 11) is 0. The number of alkyl halides is 3. The van der Waals surface area contributed by atoms with Crippen LogP contribution in [0.4, 0.5) is 28.9 Å². The van der Waals surface area contributed by atoms with Crippen molar-refractivity contribution in [2.24, 2.45) is 0 Å².